The molecule has 0 bridgehead atoms. The van der Waals surface area contributed by atoms with Gasteiger partial charge in [-0.2, -0.15) is 0 Å². The number of halogens is 1. The smallest absolute Gasteiger partial charge is 0.240 e. The van der Waals surface area contributed by atoms with Crippen LogP contribution in [0.3, 0.4) is 0 Å². The third kappa shape index (κ3) is 4.75. The van der Waals surface area contributed by atoms with Crippen molar-refractivity contribution in [2.24, 2.45) is 0 Å². The summed E-state index contributed by atoms with van der Waals surface area (Å²) in [6.07, 6.45) is 11.3. The molecule has 1 aromatic heterocycles. The minimum absolute atomic E-state index is 0.556. The molecular formula is C23H23BrN2O. The molecule has 1 fully saturated rings. The van der Waals surface area contributed by atoms with Crippen LogP contribution < -0.4 is 0 Å². The second-order valence-corrected chi connectivity index (χ2v) is 8.05. The van der Waals surface area contributed by atoms with E-state index in [1.165, 1.54) is 43.2 Å². The first-order valence-corrected chi connectivity index (χ1v) is 10.4. The van der Waals surface area contributed by atoms with E-state index in [4.69, 9.17) is 4.42 Å². The van der Waals surface area contributed by atoms with Gasteiger partial charge in [0, 0.05) is 10.5 Å². The highest BCUT2D eigenvalue weighted by Crippen LogP contribution is 2.34. The Labute approximate surface area is 168 Å². The van der Waals surface area contributed by atoms with Gasteiger partial charge in [0.25, 0.3) is 0 Å². The monoisotopic (exact) mass is 422 g/mol. The van der Waals surface area contributed by atoms with Crippen molar-refractivity contribution in [2.45, 2.75) is 44.4 Å². The normalized spacial score (nSPS) is 15.4. The molecular weight excluding hydrogens is 400 g/mol. The standard InChI is InChI=1S/C23H23BrN2O/c24-20-13-10-17(11-14-20)16-23-26-25-22(27-23)15-12-19-8-4-5-9-21(19)18-6-2-1-3-7-18/h4-5,8-15,18H,1-3,6-7,16H2. The second kappa shape index (κ2) is 8.66. The average molecular weight is 423 g/mol. The van der Waals surface area contributed by atoms with Gasteiger partial charge in [0.05, 0.1) is 6.42 Å². The van der Waals surface area contributed by atoms with E-state index in [1.807, 2.05) is 18.2 Å². The fourth-order valence-electron chi connectivity index (χ4n) is 3.79. The summed E-state index contributed by atoms with van der Waals surface area (Å²) in [5.74, 6) is 1.87. The van der Waals surface area contributed by atoms with Crippen molar-refractivity contribution in [3.05, 3.63) is 81.5 Å². The summed E-state index contributed by atoms with van der Waals surface area (Å²) in [4.78, 5) is 0. The van der Waals surface area contributed by atoms with Crippen molar-refractivity contribution in [1.29, 1.82) is 0 Å². The molecule has 2 aromatic carbocycles. The summed E-state index contributed by atoms with van der Waals surface area (Å²) in [6, 6.07) is 16.9. The first-order chi connectivity index (χ1) is 13.3. The zero-order chi connectivity index (χ0) is 18.5. The largest absolute Gasteiger partial charge is 0.421 e. The molecule has 0 amide bonds. The number of rotatable bonds is 5. The second-order valence-electron chi connectivity index (χ2n) is 7.13. The van der Waals surface area contributed by atoms with Crippen LogP contribution in [0.1, 0.15) is 66.5 Å². The molecule has 0 saturated heterocycles. The molecule has 1 aliphatic rings. The van der Waals surface area contributed by atoms with Crippen molar-refractivity contribution in [3.8, 4) is 0 Å². The summed E-state index contributed by atoms with van der Waals surface area (Å²) >= 11 is 3.45. The van der Waals surface area contributed by atoms with E-state index in [2.05, 4.69) is 68.6 Å². The first-order valence-electron chi connectivity index (χ1n) is 9.62. The molecule has 3 aromatic rings. The van der Waals surface area contributed by atoms with Gasteiger partial charge in [-0.15, -0.1) is 10.2 Å². The third-order valence-electron chi connectivity index (χ3n) is 5.20. The van der Waals surface area contributed by atoms with Crippen LogP contribution in [0, 0.1) is 0 Å². The molecule has 0 N–H and O–H groups in total. The Bertz CT molecular complexity index is 908. The van der Waals surface area contributed by atoms with E-state index >= 15 is 0 Å². The summed E-state index contributed by atoms with van der Waals surface area (Å²) < 4.78 is 6.87. The van der Waals surface area contributed by atoms with Crippen LogP contribution in [0.25, 0.3) is 12.2 Å². The highest BCUT2D eigenvalue weighted by atomic mass is 79.9. The number of nitrogens with zero attached hydrogens (tertiary/aromatic N) is 2. The molecule has 4 heteroatoms. The SMILES string of the molecule is Brc1ccc(Cc2nnc(C=Cc3ccccc3C3CCCCC3)o2)cc1. The average Bonchev–Trinajstić information content (AvgIpc) is 3.16. The van der Waals surface area contributed by atoms with Crippen LogP contribution in [0.2, 0.25) is 0 Å². The Hall–Kier alpha value is -2.20. The maximum Gasteiger partial charge on any atom is 0.240 e. The van der Waals surface area contributed by atoms with Crippen LogP contribution in [-0.2, 0) is 6.42 Å². The maximum absolute atomic E-state index is 5.80. The van der Waals surface area contributed by atoms with E-state index in [9.17, 15) is 0 Å². The lowest BCUT2D eigenvalue weighted by Crippen LogP contribution is -2.05. The maximum atomic E-state index is 5.80. The molecule has 27 heavy (non-hydrogen) atoms. The van der Waals surface area contributed by atoms with E-state index in [0.717, 1.165) is 10.0 Å². The predicted molar refractivity (Wildman–Crippen MR) is 112 cm³/mol. The van der Waals surface area contributed by atoms with Gasteiger partial charge in [0.15, 0.2) is 0 Å². The van der Waals surface area contributed by atoms with Crippen molar-refractivity contribution < 1.29 is 4.42 Å². The van der Waals surface area contributed by atoms with Crippen LogP contribution in [0.5, 0.6) is 0 Å². The lowest BCUT2D eigenvalue weighted by Gasteiger charge is -2.23. The van der Waals surface area contributed by atoms with Gasteiger partial charge >= 0.3 is 0 Å². The number of hydrogen-bond acceptors (Lipinski definition) is 3. The summed E-state index contributed by atoms with van der Waals surface area (Å²) in [6.45, 7) is 0. The molecule has 3 nitrogen and oxygen atoms in total. The Morgan fingerprint density at radius 3 is 2.52 bits per heavy atom. The van der Waals surface area contributed by atoms with E-state index in [1.54, 1.807) is 0 Å². The van der Waals surface area contributed by atoms with Crippen molar-refractivity contribution >= 4 is 28.1 Å². The minimum atomic E-state index is 0.556. The van der Waals surface area contributed by atoms with Gasteiger partial charge < -0.3 is 4.42 Å². The van der Waals surface area contributed by atoms with Crippen molar-refractivity contribution in [3.63, 3.8) is 0 Å². The zero-order valence-corrected chi connectivity index (χ0v) is 16.9. The number of benzene rings is 2. The van der Waals surface area contributed by atoms with Gasteiger partial charge in [0.2, 0.25) is 11.8 Å². The summed E-state index contributed by atoms with van der Waals surface area (Å²) in [5.41, 5.74) is 3.86. The van der Waals surface area contributed by atoms with Crippen LogP contribution in [0.4, 0.5) is 0 Å². The van der Waals surface area contributed by atoms with Crippen LogP contribution >= 0.6 is 15.9 Å². The molecule has 1 heterocycles. The highest BCUT2D eigenvalue weighted by molar-refractivity contribution is 9.10. The number of aromatic nitrogens is 2. The molecule has 0 unspecified atom stereocenters. The number of hydrogen-bond donors (Lipinski definition) is 0. The minimum Gasteiger partial charge on any atom is -0.421 e. The van der Waals surface area contributed by atoms with E-state index in [-0.39, 0.29) is 0 Å². The zero-order valence-electron chi connectivity index (χ0n) is 15.3. The van der Waals surface area contributed by atoms with Gasteiger partial charge in [-0.1, -0.05) is 71.6 Å². The van der Waals surface area contributed by atoms with Gasteiger partial charge in [0.1, 0.15) is 0 Å². The first kappa shape index (κ1) is 18.2. The van der Waals surface area contributed by atoms with E-state index in [0.29, 0.717) is 24.1 Å². The van der Waals surface area contributed by atoms with Gasteiger partial charge in [-0.05, 0) is 53.7 Å². The fraction of sp³-hybridized carbons (Fsp3) is 0.304. The van der Waals surface area contributed by atoms with Crippen LogP contribution in [-0.4, -0.2) is 10.2 Å². The Morgan fingerprint density at radius 2 is 1.70 bits per heavy atom. The summed E-state index contributed by atoms with van der Waals surface area (Å²) in [5, 5.41) is 8.35. The lowest BCUT2D eigenvalue weighted by atomic mass is 9.82. The van der Waals surface area contributed by atoms with E-state index < -0.39 is 0 Å². The third-order valence-corrected chi connectivity index (χ3v) is 5.73. The van der Waals surface area contributed by atoms with Crippen LogP contribution in [0.15, 0.2) is 57.4 Å². The Morgan fingerprint density at radius 1 is 0.926 bits per heavy atom. The molecule has 0 spiro atoms. The molecule has 0 radical (unpaired) electrons. The van der Waals surface area contributed by atoms with Crippen molar-refractivity contribution in [2.75, 3.05) is 0 Å². The Kier molecular flexibility index (Phi) is 5.83. The molecule has 4 rings (SSSR count). The van der Waals surface area contributed by atoms with Gasteiger partial charge in [-0.3, -0.25) is 0 Å². The fourth-order valence-corrected chi connectivity index (χ4v) is 4.06. The molecule has 0 atom stereocenters. The predicted octanol–water partition coefficient (Wildman–Crippen LogP) is 6.64. The molecule has 0 aliphatic heterocycles. The summed E-state index contributed by atoms with van der Waals surface area (Å²) in [7, 11) is 0. The Balaban J connectivity index is 1.47. The topological polar surface area (TPSA) is 38.9 Å². The quantitative estimate of drug-likeness (QED) is 0.462. The van der Waals surface area contributed by atoms with Crippen molar-refractivity contribution in [1.82, 2.24) is 10.2 Å². The highest BCUT2D eigenvalue weighted by Gasteiger charge is 2.17. The molecule has 1 aliphatic carbocycles. The molecule has 1 saturated carbocycles. The van der Waals surface area contributed by atoms with Gasteiger partial charge in [-0.25, -0.2) is 0 Å². The lowest BCUT2D eigenvalue weighted by molar-refractivity contribution is 0.443. The molecule has 138 valence electrons.